The van der Waals surface area contributed by atoms with Crippen LogP contribution >= 0.6 is 0 Å². The number of fused-ring (bicyclic) bond motifs is 2. The highest BCUT2D eigenvalue weighted by Gasteiger charge is 2.42. The molecule has 2 amide bonds. The highest BCUT2D eigenvalue weighted by atomic mass is 16.4. The number of carboxylic acid groups (broad SMARTS) is 1. The average molecular weight is 282 g/mol. The first-order valence-corrected chi connectivity index (χ1v) is 7.70. The Bertz CT molecular complexity index is 372. The van der Waals surface area contributed by atoms with Crippen molar-refractivity contribution in [1.29, 1.82) is 0 Å². The number of hydrogen-bond acceptors (Lipinski definition) is 2. The van der Waals surface area contributed by atoms with Gasteiger partial charge in [-0.3, -0.25) is 4.79 Å². The molecule has 0 aromatic heterocycles. The Morgan fingerprint density at radius 1 is 1.35 bits per heavy atom. The molecule has 5 nitrogen and oxygen atoms in total. The number of carbonyl (C=O) groups is 2. The van der Waals surface area contributed by atoms with Gasteiger partial charge in [0.25, 0.3) is 0 Å². The summed E-state index contributed by atoms with van der Waals surface area (Å²) in [5.74, 6) is 1.50. The Morgan fingerprint density at radius 3 is 2.65 bits per heavy atom. The van der Waals surface area contributed by atoms with Crippen molar-refractivity contribution in [1.82, 2.24) is 10.2 Å². The van der Waals surface area contributed by atoms with Crippen LogP contribution in [0.5, 0.6) is 0 Å². The summed E-state index contributed by atoms with van der Waals surface area (Å²) in [6.45, 7) is 2.59. The monoisotopic (exact) mass is 282 g/mol. The van der Waals surface area contributed by atoms with Crippen molar-refractivity contribution in [2.75, 3.05) is 13.6 Å². The van der Waals surface area contributed by atoms with Gasteiger partial charge in [-0.05, 0) is 50.4 Å². The number of aliphatic carboxylic acids is 1. The third-order valence-electron chi connectivity index (χ3n) is 5.02. The number of rotatable bonds is 6. The van der Waals surface area contributed by atoms with Crippen molar-refractivity contribution >= 4 is 12.0 Å². The van der Waals surface area contributed by atoms with Gasteiger partial charge in [-0.2, -0.15) is 0 Å². The number of nitrogens with zero attached hydrogens (tertiary/aromatic N) is 1. The highest BCUT2D eigenvalue weighted by Crippen LogP contribution is 2.49. The number of carbonyl (C=O) groups excluding carboxylic acids is 1. The van der Waals surface area contributed by atoms with Gasteiger partial charge in [0.15, 0.2) is 0 Å². The molecule has 4 atom stereocenters. The summed E-state index contributed by atoms with van der Waals surface area (Å²) in [6.07, 6.45) is 5.91. The van der Waals surface area contributed by atoms with Gasteiger partial charge in [0.1, 0.15) is 0 Å². The maximum atomic E-state index is 12.1. The molecule has 2 saturated carbocycles. The van der Waals surface area contributed by atoms with Crippen LogP contribution in [0.4, 0.5) is 4.79 Å². The van der Waals surface area contributed by atoms with Crippen molar-refractivity contribution in [3.8, 4) is 0 Å². The summed E-state index contributed by atoms with van der Waals surface area (Å²) in [5.41, 5.74) is 0. The zero-order chi connectivity index (χ0) is 14.7. The van der Waals surface area contributed by atoms with Crippen LogP contribution in [0.3, 0.4) is 0 Å². The smallest absolute Gasteiger partial charge is 0.317 e. The van der Waals surface area contributed by atoms with Crippen LogP contribution in [-0.4, -0.2) is 41.6 Å². The molecular weight excluding hydrogens is 256 g/mol. The van der Waals surface area contributed by atoms with Crippen molar-refractivity contribution < 1.29 is 14.7 Å². The molecule has 0 aromatic rings. The van der Waals surface area contributed by atoms with E-state index >= 15 is 0 Å². The number of amides is 2. The minimum Gasteiger partial charge on any atom is -0.481 e. The normalized spacial score (nSPS) is 29.2. The molecule has 0 aliphatic heterocycles. The summed E-state index contributed by atoms with van der Waals surface area (Å²) in [5, 5.41) is 11.7. The third-order valence-corrected chi connectivity index (χ3v) is 5.02. The fraction of sp³-hybridized carbons (Fsp3) is 0.867. The molecule has 0 aromatic carbocycles. The molecule has 5 heteroatoms. The third kappa shape index (κ3) is 3.64. The van der Waals surface area contributed by atoms with Gasteiger partial charge in [0.05, 0.1) is 0 Å². The Labute approximate surface area is 120 Å². The van der Waals surface area contributed by atoms with E-state index in [1.54, 1.807) is 11.9 Å². The van der Waals surface area contributed by atoms with Crippen molar-refractivity contribution in [2.24, 2.45) is 17.8 Å². The molecule has 0 spiro atoms. The molecule has 0 heterocycles. The van der Waals surface area contributed by atoms with Crippen LogP contribution < -0.4 is 5.32 Å². The van der Waals surface area contributed by atoms with E-state index in [4.69, 9.17) is 5.11 Å². The lowest BCUT2D eigenvalue weighted by molar-refractivity contribution is -0.137. The fourth-order valence-electron chi connectivity index (χ4n) is 3.89. The Kier molecular flexibility index (Phi) is 4.89. The predicted molar refractivity (Wildman–Crippen MR) is 76.4 cm³/mol. The first kappa shape index (κ1) is 15.1. The zero-order valence-electron chi connectivity index (χ0n) is 12.5. The fourth-order valence-corrected chi connectivity index (χ4v) is 3.89. The lowest BCUT2D eigenvalue weighted by Gasteiger charge is -2.30. The first-order chi connectivity index (χ1) is 9.47. The maximum absolute atomic E-state index is 12.1. The molecule has 4 unspecified atom stereocenters. The molecule has 114 valence electrons. The molecule has 2 bridgehead atoms. The minimum absolute atomic E-state index is 0.0781. The largest absolute Gasteiger partial charge is 0.481 e. The Hall–Kier alpha value is -1.26. The van der Waals surface area contributed by atoms with Crippen LogP contribution in [0.25, 0.3) is 0 Å². The van der Waals surface area contributed by atoms with Gasteiger partial charge >= 0.3 is 12.0 Å². The second-order valence-electron chi connectivity index (χ2n) is 6.50. The Balaban J connectivity index is 1.71. The Morgan fingerprint density at radius 2 is 2.10 bits per heavy atom. The zero-order valence-corrected chi connectivity index (χ0v) is 12.5. The van der Waals surface area contributed by atoms with E-state index in [1.165, 1.54) is 25.7 Å². The molecule has 2 aliphatic carbocycles. The maximum Gasteiger partial charge on any atom is 0.317 e. The number of urea groups is 1. The van der Waals surface area contributed by atoms with Crippen molar-refractivity contribution in [2.45, 2.75) is 51.5 Å². The lowest BCUT2D eigenvalue weighted by Crippen LogP contribution is -2.46. The van der Waals surface area contributed by atoms with E-state index in [2.05, 4.69) is 12.2 Å². The van der Waals surface area contributed by atoms with E-state index in [0.717, 1.165) is 11.8 Å². The topological polar surface area (TPSA) is 69.6 Å². The lowest BCUT2D eigenvalue weighted by atomic mass is 9.84. The molecule has 2 fully saturated rings. The quantitative estimate of drug-likeness (QED) is 0.785. The molecule has 0 radical (unpaired) electrons. The molecule has 2 rings (SSSR count). The summed E-state index contributed by atoms with van der Waals surface area (Å²) < 4.78 is 0. The van der Waals surface area contributed by atoms with Gasteiger partial charge in [-0.15, -0.1) is 0 Å². The summed E-state index contributed by atoms with van der Waals surface area (Å²) in [4.78, 5) is 24.1. The van der Waals surface area contributed by atoms with Gasteiger partial charge in [-0.25, -0.2) is 4.79 Å². The van der Waals surface area contributed by atoms with Crippen LogP contribution in [0.15, 0.2) is 0 Å². The van der Waals surface area contributed by atoms with Crippen LogP contribution in [-0.2, 0) is 4.79 Å². The standard InChI is InChI=1S/C15H26N2O3/c1-10(13-9-11-5-6-12(13)8-11)16-15(20)17(2)7-3-4-14(18)19/h10-13H,3-9H2,1-2H3,(H,16,20)(H,18,19). The van der Waals surface area contributed by atoms with E-state index in [9.17, 15) is 9.59 Å². The summed E-state index contributed by atoms with van der Waals surface area (Å²) >= 11 is 0. The molecule has 2 aliphatic rings. The summed E-state index contributed by atoms with van der Waals surface area (Å²) in [6, 6.07) is 0.144. The summed E-state index contributed by atoms with van der Waals surface area (Å²) in [7, 11) is 1.73. The minimum atomic E-state index is -0.811. The predicted octanol–water partition coefficient (Wildman–Crippen LogP) is 2.32. The molecule has 0 saturated heterocycles. The van der Waals surface area contributed by atoms with E-state index in [1.807, 2.05) is 0 Å². The van der Waals surface area contributed by atoms with E-state index in [-0.39, 0.29) is 18.5 Å². The SMILES string of the molecule is CC(NC(=O)N(C)CCCC(=O)O)C1CC2CCC1C2. The van der Waals surface area contributed by atoms with E-state index < -0.39 is 5.97 Å². The van der Waals surface area contributed by atoms with Gasteiger partial charge in [0.2, 0.25) is 0 Å². The number of hydrogen-bond donors (Lipinski definition) is 2. The van der Waals surface area contributed by atoms with E-state index in [0.29, 0.717) is 18.9 Å². The van der Waals surface area contributed by atoms with Gasteiger partial charge in [-0.1, -0.05) is 6.42 Å². The van der Waals surface area contributed by atoms with Crippen LogP contribution in [0, 0.1) is 17.8 Å². The number of nitrogens with one attached hydrogen (secondary N) is 1. The highest BCUT2D eigenvalue weighted by molar-refractivity contribution is 5.74. The van der Waals surface area contributed by atoms with Gasteiger partial charge < -0.3 is 15.3 Å². The molecule has 2 N–H and O–H groups in total. The van der Waals surface area contributed by atoms with Crippen LogP contribution in [0.2, 0.25) is 0 Å². The second-order valence-corrected chi connectivity index (χ2v) is 6.50. The van der Waals surface area contributed by atoms with Crippen LogP contribution in [0.1, 0.15) is 45.4 Å². The van der Waals surface area contributed by atoms with Crippen molar-refractivity contribution in [3.05, 3.63) is 0 Å². The van der Waals surface area contributed by atoms with Gasteiger partial charge in [0, 0.05) is 26.1 Å². The first-order valence-electron chi connectivity index (χ1n) is 7.70. The average Bonchev–Trinajstić information content (AvgIpc) is 3.00. The number of carboxylic acids is 1. The van der Waals surface area contributed by atoms with Crippen molar-refractivity contribution in [3.63, 3.8) is 0 Å². The molecular formula is C15H26N2O3. The molecule has 20 heavy (non-hydrogen) atoms. The second kappa shape index (κ2) is 6.46.